The minimum atomic E-state index is 0.000166. The Morgan fingerprint density at radius 2 is 1.80 bits per heavy atom. The standard InChI is InChI=1S/C22H28N2O/c1-22(2,3)18-11-7-8-12-19(18)23-21(25)15-24(4)20-14-13-16-9-5-6-10-17(16)20/h5-12,20H,13-15H2,1-4H3,(H,23,25)/t20-/m0/s1. The van der Waals surface area contributed by atoms with Crippen molar-refractivity contribution in [1.29, 1.82) is 0 Å². The van der Waals surface area contributed by atoms with Crippen molar-refractivity contribution in [2.45, 2.75) is 45.1 Å². The molecule has 2 aromatic carbocycles. The van der Waals surface area contributed by atoms with Crippen LogP contribution in [0.1, 0.15) is 49.9 Å². The third kappa shape index (κ3) is 3.93. The lowest BCUT2D eigenvalue weighted by molar-refractivity contribution is -0.117. The van der Waals surface area contributed by atoms with Gasteiger partial charge in [0.05, 0.1) is 6.54 Å². The molecule has 0 spiro atoms. The second-order valence-electron chi connectivity index (χ2n) is 8.01. The van der Waals surface area contributed by atoms with Gasteiger partial charge in [-0.25, -0.2) is 0 Å². The lowest BCUT2D eigenvalue weighted by atomic mass is 9.86. The zero-order valence-corrected chi connectivity index (χ0v) is 15.7. The number of para-hydroxylation sites is 1. The van der Waals surface area contributed by atoms with Crippen LogP contribution in [0.2, 0.25) is 0 Å². The number of hydrogen-bond acceptors (Lipinski definition) is 2. The van der Waals surface area contributed by atoms with Crippen molar-refractivity contribution in [1.82, 2.24) is 4.90 Å². The number of aryl methyl sites for hydroxylation is 1. The maximum Gasteiger partial charge on any atom is 0.238 e. The number of hydrogen-bond donors (Lipinski definition) is 1. The van der Waals surface area contributed by atoms with Gasteiger partial charge >= 0.3 is 0 Å². The van der Waals surface area contributed by atoms with Gasteiger partial charge in [-0.3, -0.25) is 9.69 Å². The van der Waals surface area contributed by atoms with Gasteiger partial charge in [0.15, 0.2) is 0 Å². The first-order valence-corrected chi connectivity index (χ1v) is 9.03. The van der Waals surface area contributed by atoms with Crippen LogP contribution in [0.15, 0.2) is 48.5 Å². The molecule has 3 nitrogen and oxygen atoms in total. The van der Waals surface area contributed by atoms with E-state index >= 15 is 0 Å². The Kier molecular flexibility index (Phi) is 4.96. The molecule has 0 saturated carbocycles. The van der Waals surface area contributed by atoms with E-state index in [0.29, 0.717) is 12.6 Å². The second-order valence-corrected chi connectivity index (χ2v) is 8.01. The Balaban J connectivity index is 1.68. The highest BCUT2D eigenvalue weighted by Gasteiger charge is 2.27. The van der Waals surface area contributed by atoms with Crippen molar-refractivity contribution in [3.05, 3.63) is 65.2 Å². The third-order valence-electron chi connectivity index (χ3n) is 5.04. The van der Waals surface area contributed by atoms with E-state index in [1.807, 2.05) is 25.2 Å². The van der Waals surface area contributed by atoms with Crippen LogP contribution in [0.3, 0.4) is 0 Å². The molecule has 132 valence electrons. The van der Waals surface area contributed by atoms with Crippen molar-refractivity contribution >= 4 is 11.6 Å². The summed E-state index contributed by atoms with van der Waals surface area (Å²) >= 11 is 0. The monoisotopic (exact) mass is 336 g/mol. The number of carbonyl (C=O) groups excluding carboxylic acids is 1. The molecule has 0 aromatic heterocycles. The van der Waals surface area contributed by atoms with E-state index in [2.05, 4.69) is 61.3 Å². The van der Waals surface area contributed by atoms with Gasteiger partial charge in [-0.15, -0.1) is 0 Å². The molecule has 1 atom stereocenters. The predicted octanol–water partition coefficient (Wildman–Crippen LogP) is 4.54. The first-order valence-electron chi connectivity index (χ1n) is 9.03. The van der Waals surface area contributed by atoms with Crippen molar-refractivity contribution in [3.8, 4) is 0 Å². The van der Waals surface area contributed by atoms with Gasteiger partial charge in [0, 0.05) is 11.7 Å². The number of carbonyl (C=O) groups is 1. The zero-order chi connectivity index (χ0) is 18.0. The molecule has 0 fully saturated rings. The van der Waals surface area contributed by atoms with E-state index in [9.17, 15) is 4.79 Å². The van der Waals surface area contributed by atoms with Gasteiger partial charge in [0.25, 0.3) is 0 Å². The minimum Gasteiger partial charge on any atom is -0.325 e. The highest BCUT2D eigenvalue weighted by atomic mass is 16.2. The number of anilines is 1. The third-order valence-corrected chi connectivity index (χ3v) is 5.04. The van der Waals surface area contributed by atoms with E-state index in [0.717, 1.165) is 24.1 Å². The summed E-state index contributed by atoms with van der Waals surface area (Å²) in [7, 11) is 2.04. The molecule has 2 aromatic rings. The summed E-state index contributed by atoms with van der Waals surface area (Å²) in [6, 6.07) is 17.0. The number of fused-ring (bicyclic) bond motifs is 1. The fraction of sp³-hybridized carbons (Fsp3) is 0.409. The Morgan fingerprint density at radius 1 is 1.12 bits per heavy atom. The molecule has 3 rings (SSSR count). The van der Waals surface area contributed by atoms with Crippen LogP contribution < -0.4 is 5.32 Å². The Hall–Kier alpha value is -2.13. The Bertz CT molecular complexity index is 761. The summed E-state index contributed by atoms with van der Waals surface area (Å²) in [5.41, 5.74) is 4.86. The van der Waals surface area contributed by atoms with Crippen LogP contribution in [0.5, 0.6) is 0 Å². The van der Waals surface area contributed by atoms with E-state index in [-0.39, 0.29) is 11.3 Å². The van der Waals surface area contributed by atoms with Gasteiger partial charge in [-0.05, 0) is 48.1 Å². The minimum absolute atomic E-state index is 0.000166. The SMILES string of the molecule is CN(CC(=O)Nc1ccccc1C(C)(C)C)[C@H]1CCc2ccccc21. The van der Waals surface area contributed by atoms with Crippen molar-refractivity contribution in [3.63, 3.8) is 0 Å². The topological polar surface area (TPSA) is 32.3 Å². The van der Waals surface area contributed by atoms with E-state index in [1.54, 1.807) is 0 Å². The van der Waals surface area contributed by atoms with E-state index < -0.39 is 0 Å². The molecule has 1 N–H and O–H groups in total. The van der Waals surface area contributed by atoms with Gasteiger partial charge in [0.2, 0.25) is 5.91 Å². The fourth-order valence-electron chi connectivity index (χ4n) is 3.77. The average Bonchev–Trinajstić information content (AvgIpc) is 2.98. The summed E-state index contributed by atoms with van der Waals surface area (Å²) in [6.07, 6.45) is 2.18. The van der Waals surface area contributed by atoms with E-state index in [4.69, 9.17) is 0 Å². The molecule has 0 bridgehead atoms. The first-order chi connectivity index (χ1) is 11.9. The fourth-order valence-corrected chi connectivity index (χ4v) is 3.77. The summed E-state index contributed by atoms with van der Waals surface area (Å²) in [5.74, 6) is 0.0450. The van der Waals surface area contributed by atoms with Crippen LogP contribution in [-0.2, 0) is 16.6 Å². The smallest absolute Gasteiger partial charge is 0.238 e. The quantitative estimate of drug-likeness (QED) is 0.889. The number of nitrogens with zero attached hydrogens (tertiary/aromatic N) is 1. The Morgan fingerprint density at radius 3 is 2.56 bits per heavy atom. The molecule has 0 heterocycles. The molecular weight excluding hydrogens is 308 g/mol. The number of rotatable bonds is 4. The van der Waals surface area contributed by atoms with Gasteiger partial charge in [-0.2, -0.15) is 0 Å². The van der Waals surface area contributed by atoms with Crippen LogP contribution in [0.4, 0.5) is 5.69 Å². The normalized spacial score (nSPS) is 16.8. The molecule has 0 unspecified atom stereocenters. The summed E-state index contributed by atoms with van der Waals surface area (Å²) in [4.78, 5) is 14.8. The number of amides is 1. The van der Waals surface area contributed by atoms with Crippen LogP contribution in [-0.4, -0.2) is 24.4 Å². The summed E-state index contributed by atoms with van der Waals surface area (Å²) in [6.45, 7) is 6.90. The van der Waals surface area contributed by atoms with Crippen molar-refractivity contribution in [2.75, 3.05) is 18.9 Å². The Labute approximate surface area is 151 Å². The van der Waals surface area contributed by atoms with Crippen molar-refractivity contribution in [2.24, 2.45) is 0 Å². The van der Waals surface area contributed by atoms with Gasteiger partial charge in [-0.1, -0.05) is 63.2 Å². The van der Waals surface area contributed by atoms with Crippen LogP contribution in [0, 0.1) is 0 Å². The van der Waals surface area contributed by atoms with E-state index in [1.165, 1.54) is 11.1 Å². The highest BCUT2D eigenvalue weighted by molar-refractivity contribution is 5.93. The first kappa shape index (κ1) is 17.7. The molecule has 0 aliphatic heterocycles. The second kappa shape index (κ2) is 7.01. The molecule has 1 aliphatic carbocycles. The summed E-state index contributed by atoms with van der Waals surface area (Å²) < 4.78 is 0. The average molecular weight is 336 g/mol. The zero-order valence-electron chi connectivity index (χ0n) is 15.7. The number of likely N-dealkylation sites (N-methyl/N-ethyl adjacent to an activating group) is 1. The molecule has 0 radical (unpaired) electrons. The molecule has 0 saturated heterocycles. The highest BCUT2D eigenvalue weighted by Crippen LogP contribution is 2.34. The maximum absolute atomic E-state index is 12.6. The maximum atomic E-state index is 12.6. The lowest BCUT2D eigenvalue weighted by Gasteiger charge is -2.26. The summed E-state index contributed by atoms with van der Waals surface area (Å²) in [5, 5.41) is 3.11. The molecular formula is C22H28N2O. The molecule has 3 heteroatoms. The van der Waals surface area contributed by atoms with Crippen LogP contribution in [0.25, 0.3) is 0 Å². The number of nitrogens with one attached hydrogen (secondary N) is 1. The molecule has 1 amide bonds. The molecule has 25 heavy (non-hydrogen) atoms. The lowest BCUT2D eigenvalue weighted by Crippen LogP contribution is -2.33. The van der Waals surface area contributed by atoms with Crippen LogP contribution >= 0.6 is 0 Å². The predicted molar refractivity (Wildman–Crippen MR) is 104 cm³/mol. The van der Waals surface area contributed by atoms with Crippen molar-refractivity contribution < 1.29 is 4.79 Å². The van der Waals surface area contributed by atoms with Gasteiger partial charge < -0.3 is 5.32 Å². The largest absolute Gasteiger partial charge is 0.325 e. The number of benzene rings is 2. The van der Waals surface area contributed by atoms with Gasteiger partial charge in [0.1, 0.15) is 0 Å². The molecule has 1 aliphatic rings.